The van der Waals surface area contributed by atoms with Gasteiger partial charge in [0.05, 0.1) is 18.1 Å². The van der Waals surface area contributed by atoms with Gasteiger partial charge in [0.25, 0.3) is 5.69 Å². The van der Waals surface area contributed by atoms with Gasteiger partial charge in [-0.05, 0) is 25.0 Å². The van der Waals surface area contributed by atoms with E-state index in [1.54, 1.807) is 24.3 Å². The number of rotatable bonds is 21. The molecule has 2 rings (SSSR count). The molecule has 2 atom stereocenters. The summed E-state index contributed by atoms with van der Waals surface area (Å²) in [5.41, 5.74) is 0.998. The largest absolute Gasteiger partial charge is 0.326 e. The zero-order valence-corrected chi connectivity index (χ0v) is 25.8. The summed E-state index contributed by atoms with van der Waals surface area (Å²) < 4.78 is 37.9. The summed E-state index contributed by atoms with van der Waals surface area (Å²) in [6.07, 6.45) is 13.7. The van der Waals surface area contributed by atoms with Crippen LogP contribution in [0.25, 0.3) is 0 Å². The quantitative estimate of drug-likeness (QED) is 0.0458. The number of benzene rings is 2. The van der Waals surface area contributed by atoms with Gasteiger partial charge in [-0.3, -0.25) is 24.0 Å². The maximum absolute atomic E-state index is 12.0. The third kappa shape index (κ3) is 17.5. The SMILES string of the molecule is CCCCCCCCO[PH](=O)O[PH](=O)OCCCCCCCC.O=C(c1ccccc1)c1ccc([N+](=O)[O-])cc1. The van der Waals surface area contributed by atoms with Crippen molar-refractivity contribution in [1.82, 2.24) is 0 Å². The number of hydrogen-bond donors (Lipinski definition) is 0. The van der Waals surface area contributed by atoms with Gasteiger partial charge < -0.3 is 9.05 Å². The van der Waals surface area contributed by atoms with E-state index in [2.05, 4.69) is 13.8 Å². The predicted molar refractivity (Wildman–Crippen MR) is 161 cm³/mol. The van der Waals surface area contributed by atoms with E-state index < -0.39 is 21.4 Å². The molecule has 0 bridgehead atoms. The lowest BCUT2D eigenvalue weighted by molar-refractivity contribution is -0.384. The van der Waals surface area contributed by atoms with Crippen molar-refractivity contribution in [3.8, 4) is 0 Å². The van der Waals surface area contributed by atoms with Crippen LogP contribution >= 0.6 is 16.5 Å². The topological polar surface area (TPSA) is 122 Å². The highest BCUT2D eigenvalue weighted by Gasteiger charge is 2.11. The number of carbonyl (C=O) groups is 1. The van der Waals surface area contributed by atoms with E-state index in [1.807, 2.05) is 6.07 Å². The van der Waals surface area contributed by atoms with Crippen molar-refractivity contribution in [2.75, 3.05) is 13.2 Å². The number of ketones is 1. The number of nitro groups is 1. The Hall–Kier alpha value is -2.15. The Balaban J connectivity index is 0.000000415. The summed E-state index contributed by atoms with van der Waals surface area (Å²) >= 11 is 0. The van der Waals surface area contributed by atoms with E-state index in [-0.39, 0.29) is 11.5 Å². The molecule has 2 aromatic carbocycles. The van der Waals surface area contributed by atoms with Crippen LogP contribution < -0.4 is 0 Å². The van der Waals surface area contributed by atoms with Crippen LogP contribution in [-0.2, 0) is 22.5 Å². The van der Waals surface area contributed by atoms with Crippen LogP contribution in [0.5, 0.6) is 0 Å². The van der Waals surface area contributed by atoms with Gasteiger partial charge in [-0.15, -0.1) is 0 Å². The fraction of sp³-hybridized carbons (Fsp3) is 0.552. The fourth-order valence-electron chi connectivity index (χ4n) is 3.69. The van der Waals surface area contributed by atoms with Crippen LogP contribution in [0.4, 0.5) is 5.69 Å². The first-order valence-electron chi connectivity index (χ1n) is 14.2. The van der Waals surface area contributed by atoms with Crippen molar-refractivity contribution < 1.29 is 32.2 Å². The Morgan fingerprint density at radius 3 is 1.55 bits per heavy atom. The predicted octanol–water partition coefficient (Wildman–Crippen LogP) is 9.36. The first-order valence-corrected chi connectivity index (χ1v) is 16.7. The number of nitro benzene ring substituents is 1. The van der Waals surface area contributed by atoms with Gasteiger partial charge in [0.15, 0.2) is 5.78 Å². The van der Waals surface area contributed by atoms with Crippen molar-refractivity contribution in [2.45, 2.75) is 90.9 Å². The number of carbonyl (C=O) groups excluding carboxylic acids is 1. The molecule has 0 heterocycles. The second-order valence-electron chi connectivity index (χ2n) is 9.33. The van der Waals surface area contributed by atoms with E-state index in [9.17, 15) is 24.0 Å². The maximum Gasteiger partial charge on any atom is 0.326 e. The van der Waals surface area contributed by atoms with E-state index in [0.717, 1.165) is 25.7 Å². The standard InChI is InChI=1S/C16H36O5P2.C13H9NO3/c1-3-5-7-9-11-13-15-19-22(17)21-23(18)20-16-14-12-10-8-6-4-2;15-13(10-4-2-1-3-5-10)11-6-8-12(9-7-11)14(16)17/h22-23H,3-16H2,1-2H3;1-9H. The lowest BCUT2D eigenvalue weighted by Crippen LogP contribution is -2.00. The first-order chi connectivity index (χ1) is 19.4. The highest BCUT2D eigenvalue weighted by atomic mass is 31.2. The van der Waals surface area contributed by atoms with Gasteiger partial charge in [-0.25, -0.2) is 4.31 Å². The van der Waals surface area contributed by atoms with E-state index >= 15 is 0 Å². The lowest BCUT2D eigenvalue weighted by Gasteiger charge is -2.06. The number of non-ortho nitro benzene ring substituents is 1. The smallest absolute Gasteiger partial charge is 0.310 e. The highest BCUT2D eigenvalue weighted by Crippen LogP contribution is 2.39. The molecule has 2 aromatic rings. The Morgan fingerprint density at radius 2 is 1.10 bits per heavy atom. The van der Waals surface area contributed by atoms with Gasteiger partial charge in [-0.2, -0.15) is 0 Å². The normalized spacial score (nSPS) is 12.2. The molecule has 0 radical (unpaired) electrons. The molecule has 0 aliphatic carbocycles. The second-order valence-corrected chi connectivity index (χ2v) is 11.7. The third-order valence-electron chi connectivity index (χ3n) is 5.98. The fourth-order valence-corrected chi connectivity index (χ4v) is 5.33. The molecule has 0 aliphatic rings. The van der Waals surface area contributed by atoms with Crippen molar-refractivity contribution in [3.63, 3.8) is 0 Å². The molecule has 0 saturated heterocycles. The lowest BCUT2D eigenvalue weighted by atomic mass is 10.0. The van der Waals surface area contributed by atoms with Crippen LogP contribution in [0.15, 0.2) is 54.6 Å². The van der Waals surface area contributed by atoms with Crippen LogP contribution in [0.1, 0.15) is 107 Å². The van der Waals surface area contributed by atoms with Crippen molar-refractivity contribution in [3.05, 3.63) is 75.8 Å². The maximum atomic E-state index is 12.0. The first kappa shape index (κ1) is 35.9. The van der Waals surface area contributed by atoms with Crippen molar-refractivity contribution in [1.29, 1.82) is 0 Å². The Labute approximate surface area is 240 Å². The van der Waals surface area contributed by atoms with E-state index in [0.29, 0.717) is 24.3 Å². The zero-order valence-electron chi connectivity index (χ0n) is 23.8. The van der Waals surface area contributed by atoms with Gasteiger partial charge >= 0.3 is 16.5 Å². The van der Waals surface area contributed by atoms with E-state index in [4.69, 9.17) is 13.4 Å². The van der Waals surface area contributed by atoms with Crippen LogP contribution in [-0.4, -0.2) is 23.9 Å². The minimum atomic E-state index is -2.68. The molecule has 224 valence electrons. The second kappa shape index (κ2) is 23.5. The van der Waals surface area contributed by atoms with Crippen LogP contribution in [0.2, 0.25) is 0 Å². The molecule has 0 amide bonds. The molecule has 9 nitrogen and oxygen atoms in total. The Morgan fingerprint density at radius 1 is 0.675 bits per heavy atom. The summed E-state index contributed by atoms with van der Waals surface area (Å²) in [5, 5.41) is 10.5. The molecule has 0 saturated carbocycles. The number of unbranched alkanes of at least 4 members (excludes halogenated alkanes) is 10. The third-order valence-corrected chi connectivity index (χ3v) is 8.19. The molecule has 11 heteroatoms. The zero-order chi connectivity index (χ0) is 29.4. The van der Waals surface area contributed by atoms with Crippen molar-refractivity contribution >= 4 is 28.0 Å². The summed E-state index contributed by atoms with van der Waals surface area (Å²) in [7, 11) is -5.36. The van der Waals surface area contributed by atoms with E-state index in [1.165, 1.54) is 75.6 Å². The van der Waals surface area contributed by atoms with Crippen molar-refractivity contribution in [2.24, 2.45) is 0 Å². The minimum Gasteiger partial charge on any atom is -0.310 e. The molecule has 0 fully saturated rings. The summed E-state index contributed by atoms with van der Waals surface area (Å²) in [4.78, 5) is 21.9. The number of hydrogen-bond acceptors (Lipinski definition) is 8. The monoisotopic (exact) mass is 597 g/mol. The summed E-state index contributed by atoms with van der Waals surface area (Å²) in [6.45, 7) is 5.17. The number of nitrogens with zero attached hydrogens (tertiary/aromatic N) is 1. The minimum absolute atomic E-state index is 0.0189. The highest BCUT2D eigenvalue weighted by molar-refractivity contribution is 7.47. The molecule has 0 aliphatic heterocycles. The van der Waals surface area contributed by atoms with Crippen LogP contribution in [0.3, 0.4) is 0 Å². The average molecular weight is 598 g/mol. The van der Waals surface area contributed by atoms with Gasteiger partial charge in [0.2, 0.25) is 0 Å². The molecule has 0 spiro atoms. The van der Waals surface area contributed by atoms with Gasteiger partial charge in [-0.1, -0.05) is 108 Å². The Kier molecular flexibility index (Phi) is 21.1. The van der Waals surface area contributed by atoms with Gasteiger partial charge in [0.1, 0.15) is 0 Å². The molecule has 2 unspecified atom stereocenters. The van der Waals surface area contributed by atoms with Crippen LogP contribution in [0, 0.1) is 10.1 Å². The molecule has 40 heavy (non-hydrogen) atoms. The summed E-state index contributed by atoms with van der Waals surface area (Å²) in [5.74, 6) is -0.138. The Bertz CT molecular complexity index is 975. The molecular formula is C29H45NO8P2. The molecular weight excluding hydrogens is 552 g/mol. The average Bonchev–Trinajstić information content (AvgIpc) is 2.96. The molecule has 0 N–H and O–H groups in total. The van der Waals surface area contributed by atoms with Gasteiger partial charge in [0, 0.05) is 23.3 Å². The summed E-state index contributed by atoms with van der Waals surface area (Å²) in [6, 6.07) is 14.4. The molecule has 0 aromatic heterocycles.